The quantitative estimate of drug-likeness (QED) is 0.769. The second-order valence-corrected chi connectivity index (χ2v) is 6.89. The molecule has 2 rings (SSSR count). The first-order chi connectivity index (χ1) is 8.95. The predicted octanol–water partition coefficient (Wildman–Crippen LogP) is 3.03. The number of carbonyl (C=O) groups excluding carboxylic acids is 2. The first-order valence-electron chi connectivity index (χ1n) is 7.77. The maximum absolute atomic E-state index is 12.8. The first-order valence-corrected chi connectivity index (χ1v) is 7.77. The number of piperidine rings is 1. The highest BCUT2D eigenvalue weighted by Crippen LogP contribution is 2.41. The van der Waals surface area contributed by atoms with E-state index < -0.39 is 0 Å². The van der Waals surface area contributed by atoms with Crippen LogP contribution in [0.1, 0.15) is 59.3 Å². The number of ketones is 1. The molecule has 3 heteroatoms. The van der Waals surface area contributed by atoms with Crippen LogP contribution in [0.15, 0.2) is 0 Å². The predicted molar refractivity (Wildman–Crippen MR) is 75.7 cm³/mol. The highest BCUT2D eigenvalue weighted by molar-refractivity contribution is 5.86. The lowest BCUT2D eigenvalue weighted by Crippen LogP contribution is -2.49. The van der Waals surface area contributed by atoms with E-state index in [4.69, 9.17) is 0 Å². The van der Waals surface area contributed by atoms with Crippen LogP contribution in [0.3, 0.4) is 0 Å². The summed E-state index contributed by atoms with van der Waals surface area (Å²) in [6.45, 7) is 7.78. The molecule has 0 radical (unpaired) electrons. The fourth-order valence-corrected chi connectivity index (χ4v) is 3.64. The summed E-state index contributed by atoms with van der Waals surface area (Å²) < 4.78 is 0. The number of Topliss-reactive ketones (excluding diaryl/α,β-unsaturated/α-hetero) is 1. The topological polar surface area (TPSA) is 37.4 Å². The number of amides is 1. The van der Waals surface area contributed by atoms with Gasteiger partial charge in [0.1, 0.15) is 5.78 Å². The minimum atomic E-state index is 0.0735. The van der Waals surface area contributed by atoms with Crippen molar-refractivity contribution in [1.29, 1.82) is 0 Å². The summed E-state index contributed by atoms with van der Waals surface area (Å²) in [5.41, 5.74) is 0.124. The molecule has 1 saturated carbocycles. The Labute approximate surface area is 116 Å². The molecule has 1 amide bonds. The van der Waals surface area contributed by atoms with Crippen molar-refractivity contribution in [2.24, 2.45) is 17.3 Å². The molecule has 3 nitrogen and oxygen atoms in total. The monoisotopic (exact) mass is 265 g/mol. The van der Waals surface area contributed by atoms with Gasteiger partial charge in [-0.2, -0.15) is 0 Å². The van der Waals surface area contributed by atoms with Crippen LogP contribution in [0.5, 0.6) is 0 Å². The van der Waals surface area contributed by atoms with Gasteiger partial charge in [0.2, 0.25) is 5.91 Å². The average Bonchev–Trinajstić information content (AvgIpc) is 2.38. The van der Waals surface area contributed by atoms with Gasteiger partial charge < -0.3 is 4.90 Å². The lowest BCUT2D eigenvalue weighted by atomic mass is 9.68. The summed E-state index contributed by atoms with van der Waals surface area (Å²) >= 11 is 0. The van der Waals surface area contributed by atoms with Gasteiger partial charge in [-0.15, -0.1) is 0 Å². The van der Waals surface area contributed by atoms with E-state index in [0.29, 0.717) is 31.2 Å². The van der Waals surface area contributed by atoms with Crippen molar-refractivity contribution in [3.8, 4) is 0 Å². The maximum Gasteiger partial charge on any atom is 0.226 e. The molecule has 0 bridgehead atoms. The fourth-order valence-electron chi connectivity index (χ4n) is 3.64. The summed E-state index contributed by atoms with van der Waals surface area (Å²) in [4.78, 5) is 26.5. The minimum absolute atomic E-state index is 0.0735. The van der Waals surface area contributed by atoms with Crippen molar-refractivity contribution >= 4 is 11.7 Å². The molecule has 2 unspecified atom stereocenters. The Morgan fingerprint density at radius 1 is 1.37 bits per heavy atom. The third kappa shape index (κ3) is 3.01. The van der Waals surface area contributed by atoms with E-state index in [-0.39, 0.29) is 17.3 Å². The lowest BCUT2D eigenvalue weighted by Gasteiger charge is -2.42. The van der Waals surface area contributed by atoms with Crippen molar-refractivity contribution in [3.63, 3.8) is 0 Å². The Hall–Kier alpha value is -0.860. The summed E-state index contributed by atoms with van der Waals surface area (Å²) in [5, 5.41) is 0. The minimum Gasteiger partial charge on any atom is -0.341 e. The van der Waals surface area contributed by atoms with E-state index in [0.717, 1.165) is 19.3 Å². The largest absolute Gasteiger partial charge is 0.341 e. The molecule has 1 heterocycles. The van der Waals surface area contributed by atoms with Gasteiger partial charge in [0.15, 0.2) is 0 Å². The smallest absolute Gasteiger partial charge is 0.226 e. The Balaban J connectivity index is 2.05. The van der Waals surface area contributed by atoms with Gasteiger partial charge in [-0.3, -0.25) is 9.59 Å². The van der Waals surface area contributed by atoms with Crippen molar-refractivity contribution in [3.05, 3.63) is 0 Å². The molecule has 1 aliphatic carbocycles. The first kappa shape index (κ1) is 14.5. The molecule has 0 N–H and O–H groups in total. The second kappa shape index (κ2) is 5.64. The molecule has 2 atom stereocenters. The SMILES string of the molecule is CCC1CN(C(=O)C2CCCCC2(C)C)CCC1=O. The lowest BCUT2D eigenvalue weighted by molar-refractivity contribution is -0.145. The van der Waals surface area contributed by atoms with Crippen LogP contribution < -0.4 is 0 Å². The number of carbonyl (C=O) groups is 2. The second-order valence-electron chi connectivity index (χ2n) is 6.89. The molecule has 0 aromatic rings. The van der Waals surface area contributed by atoms with Gasteiger partial charge in [-0.1, -0.05) is 33.6 Å². The molecule has 1 aliphatic heterocycles. The summed E-state index contributed by atoms with van der Waals surface area (Å²) in [6.07, 6.45) is 5.99. The number of hydrogen-bond acceptors (Lipinski definition) is 2. The van der Waals surface area contributed by atoms with Crippen LogP contribution in [0.25, 0.3) is 0 Å². The van der Waals surface area contributed by atoms with Crippen LogP contribution in [0.4, 0.5) is 0 Å². The molecular formula is C16H27NO2. The normalized spacial score (nSPS) is 31.3. The van der Waals surface area contributed by atoms with Crippen molar-refractivity contribution in [2.75, 3.05) is 13.1 Å². The highest BCUT2D eigenvalue weighted by atomic mass is 16.2. The van der Waals surface area contributed by atoms with E-state index in [9.17, 15) is 9.59 Å². The fraction of sp³-hybridized carbons (Fsp3) is 0.875. The van der Waals surface area contributed by atoms with E-state index >= 15 is 0 Å². The van der Waals surface area contributed by atoms with E-state index in [1.807, 2.05) is 11.8 Å². The summed E-state index contributed by atoms with van der Waals surface area (Å²) in [7, 11) is 0. The molecule has 2 fully saturated rings. The molecule has 108 valence electrons. The van der Waals surface area contributed by atoms with Gasteiger partial charge in [0.05, 0.1) is 0 Å². The average molecular weight is 265 g/mol. The van der Waals surface area contributed by atoms with Crippen molar-refractivity contribution < 1.29 is 9.59 Å². The van der Waals surface area contributed by atoms with Crippen LogP contribution in [0, 0.1) is 17.3 Å². The number of hydrogen-bond donors (Lipinski definition) is 0. The van der Waals surface area contributed by atoms with Crippen LogP contribution >= 0.6 is 0 Å². The van der Waals surface area contributed by atoms with Crippen molar-refractivity contribution in [2.45, 2.75) is 59.3 Å². The van der Waals surface area contributed by atoms with Crippen LogP contribution in [0.2, 0.25) is 0 Å². The van der Waals surface area contributed by atoms with E-state index in [1.165, 1.54) is 12.8 Å². The molecule has 19 heavy (non-hydrogen) atoms. The summed E-state index contributed by atoms with van der Waals surface area (Å²) in [5.74, 6) is 0.876. The van der Waals surface area contributed by atoms with E-state index in [1.54, 1.807) is 0 Å². The molecule has 2 aliphatic rings. The number of rotatable bonds is 2. The van der Waals surface area contributed by atoms with Gasteiger partial charge in [-0.25, -0.2) is 0 Å². The zero-order chi connectivity index (χ0) is 14.0. The Bertz CT molecular complexity index is 362. The zero-order valence-electron chi connectivity index (χ0n) is 12.6. The van der Waals surface area contributed by atoms with Gasteiger partial charge in [-0.05, 0) is 24.7 Å². The van der Waals surface area contributed by atoms with Gasteiger partial charge in [0, 0.05) is 31.3 Å². The van der Waals surface area contributed by atoms with Crippen molar-refractivity contribution in [1.82, 2.24) is 4.90 Å². The number of nitrogens with zero attached hydrogens (tertiary/aromatic N) is 1. The van der Waals surface area contributed by atoms with Gasteiger partial charge >= 0.3 is 0 Å². The maximum atomic E-state index is 12.8. The van der Waals surface area contributed by atoms with E-state index in [2.05, 4.69) is 13.8 Å². The third-order valence-electron chi connectivity index (χ3n) is 5.13. The summed E-state index contributed by atoms with van der Waals surface area (Å²) in [6, 6.07) is 0. The molecular weight excluding hydrogens is 238 g/mol. The standard InChI is InChI=1S/C16H27NO2/c1-4-12-11-17(10-8-14(12)18)15(19)13-7-5-6-9-16(13,2)3/h12-13H,4-11H2,1-3H3. The zero-order valence-corrected chi connectivity index (χ0v) is 12.6. The Morgan fingerprint density at radius 2 is 2.11 bits per heavy atom. The van der Waals surface area contributed by atoms with Gasteiger partial charge in [0.25, 0.3) is 0 Å². The molecule has 0 aromatic heterocycles. The Morgan fingerprint density at radius 3 is 2.74 bits per heavy atom. The highest BCUT2D eigenvalue weighted by Gasteiger charge is 2.40. The third-order valence-corrected chi connectivity index (χ3v) is 5.13. The van der Waals surface area contributed by atoms with Crippen LogP contribution in [-0.4, -0.2) is 29.7 Å². The molecule has 1 saturated heterocycles. The number of likely N-dealkylation sites (tertiary alicyclic amines) is 1. The van der Waals surface area contributed by atoms with Crippen LogP contribution in [-0.2, 0) is 9.59 Å². The molecule has 0 spiro atoms. The Kier molecular flexibility index (Phi) is 4.32. The molecule has 0 aromatic carbocycles.